The maximum absolute atomic E-state index is 10.6. The van der Waals surface area contributed by atoms with Crippen LogP contribution in [0.4, 0.5) is 0 Å². The van der Waals surface area contributed by atoms with Crippen molar-refractivity contribution in [3.63, 3.8) is 0 Å². The molecule has 0 aromatic heterocycles. The second-order valence-electron chi connectivity index (χ2n) is 1.53. The van der Waals surface area contributed by atoms with E-state index in [0.717, 1.165) is 0 Å². The van der Waals surface area contributed by atoms with E-state index in [2.05, 4.69) is 17.9 Å². The lowest BCUT2D eigenvalue weighted by molar-refractivity contribution is -0.136. The Bertz CT molecular complexity index is 174. The van der Waals surface area contributed by atoms with Gasteiger partial charge < -0.3 is 9.30 Å². The van der Waals surface area contributed by atoms with Gasteiger partial charge in [-0.3, -0.25) is 0 Å². The number of hydrogen-bond acceptors (Lipinski definition) is 3. The average molecular weight is 160 g/mol. The summed E-state index contributed by atoms with van der Waals surface area (Å²) in [6, 6.07) is 0. The van der Waals surface area contributed by atoms with Crippen LogP contribution in [0.3, 0.4) is 0 Å². The van der Waals surface area contributed by atoms with E-state index in [1.807, 2.05) is 0 Å². The van der Waals surface area contributed by atoms with Gasteiger partial charge in [-0.05, 0) is 0 Å². The van der Waals surface area contributed by atoms with Gasteiger partial charge in [0.15, 0.2) is 0 Å². The molecule has 0 rings (SSSR count). The SMILES string of the molecule is C=CCOC(=O)C(=C)[PH2]=O. The van der Waals surface area contributed by atoms with E-state index in [0.29, 0.717) is 0 Å². The molecule has 0 saturated heterocycles. The minimum absolute atomic E-state index is 0.0295. The minimum atomic E-state index is -1.26. The van der Waals surface area contributed by atoms with Crippen LogP contribution >= 0.6 is 8.46 Å². The monoisotopic (exact) mass is 160 g/mol. The van der Waals surface area contributed by atoms with Crippen molar-refractivity contribution in [1.29, 1.82) is 0 Å². The van der Waals surface area contributed by atoms with Gasteiger partial charge in [0.2, 0.25) is 0 Å². The summed E-state index contributed by atoms with van der Waals surface area (Å²) >= 11 is 0. The summed E-state index contributed by atoms with van der Waals surface area (Å²) in [5.74, 6) is -0.607. The number of rotatable bonds is 4. The van der Waals surface area contributed by atoms with Crippen molar-refractivity contribution in [3.8, 4) is 0 Å². The van der Waals surface area contributed by atoms with Gasteiger partial charge in [0.25, 0.3) is 0 Å². The van der Waals surface area contributed by atoms with Crippen LogP contribution in [0.25, 0.3) is 0 Å². The zero-order valence-corrected chi connectivity index (χ0v) is 6.66. The lowest BCUT2D eigenvalue weighted by Crippen LogP contribution is -2.02. The molecule has 3 nitrogen and oxygen atoms in total. The fourth-order valence-corrected chi connectivity index (χ4v) is 0.455. The Labute approximate surface area is 60.6 Å². The fraction of sp³-hybridized carbons (Fsp3) is 0.167. The Morgan fingerprint density at radius 1 is 1.70 bits per heavy atom. The molecule has 0 spiro atoms. The number of ether oxygens (including phenoxy) is 1. The van der Waals surface area contributed by atoms with E-state index < -0.39 is 14.4 Å². The third-order valence-corrected chi connectivity index (χ3v) is 1.26. The Morgan fingerprint density at radius 2 is 2.30 bits per heavy atom. The molecule has 0 N–H and O–H groups in total. The molecule has 1 unspecified atom stereocenters. The van der Waals surface area contributed by atoms with Crippen LogP contribution in [0, 0.1) is 0 Å². The van der Waals surface area contributed by atoms with Crippen molar-refractivity contribution in [2.75, 3.05) is 6.61 Å². The Hall–Kier alpha value is -0.820. The molecule has 0 aliphatic rings. The van der Waals surface area contributed by atoms with Crippen LogP contribution in [0.1, 0.15) is 0 Å². The van der Waals surface area contributed by atoms with Crippen molar-refractivity contribution >= 4 is 14.4 Å². The van der Waals surface area contributed by atoms with Gasteiger partial charge in [-0.15, -0.1) is 0 Å². The number of carbonyl (C=O) groups is 1. The van der Waals surface area contributed by atoms with E-state index in [4.69, 9.17) is 0 Å². The van der Waals surface area contributed by atoms with Gasteiger partial charge in [0.05, 0.1) is 13.8 Å². The molecule has 0 radical (unpaired) electrons. The molecule has 0 saturated carbocycles. The lowest BCUT2D eigenvalue weighted by atomic mass is 10.6. The van der Waals surface area contributed by atoms with Gasteiger partial charge in [0.1, 0.15) is 6.61 Å². The van der Waals surface area contributed by atoms with Gasteiger partial charge in [-0.25, -0.2) is 4.79 Å². The predicted molar refractivity (Wildman–Crippen MR) is 40.7 cm³/mol. The molecule has 0 aromatic rings. The van der Waals surface area contributed by atoms with E-state index in [-0.39, 0.29) is 11.9 Å². The van der Waals surface area contributed by atoms with E-state index in [1.165, 1.54) is 6.08 Å². The summed E-state index contributed by atoms with van der Waals surface area (Å²) in [5.41, 5.74) is 0. The standard InChI is InChI=1S/C6H9O3P/c1-3-4-9-6(7)5(2)10-8/h3H,1-2,4,10H2. The first-order valence-corrected chi connectivity index (χ1v) is 3.69. The largest absolute Gasteiger partial charge is 0.458 e. The second kappa shape index (κ2) is 5.00. The maximum Gasteiger partial charge on any atom is 0.340 e. The molecule has 0 fully saturated rings. The highest BCUT2D eigenvalue weighted by molar-refractivity contribution is 7.31. The Morgan fingerprint density at radius 3 is 2.70 bits per heavy atom. The van der Waals surface area contributed by atoms with Crippen molar-refractivity contribution < 1.29 is 14.1 Å². The Balaban J connectivity index is 3.73. The van der Waals surface area contributed by atoms with Crippen LogP contribution in [0.15, 0.2) is 24.5 Å². The molecule has 1 atom stereocenters. The normalized spacial score (nSPS) is 9.60. The van der Waals surface area contributed by atoms with Crippen LogP contribution in [0.2, 0.25) is 0 Å². The summed E-state index contributed by atoms with van der Waals surface area (Å²) in [6.07, 6.45) is 1.44. The van der Waals surface area contributed by atoms with Crippen molar-refractivity contribution in [3.05, 3.63) is 24.5 Å². The molecule has 0 heterocycles. The van der Waals surface area contributed by atoms with Crippen LogP contribution in [-0.2, 0) is 14.1 Å². The second-order valence-corrected chi connectivity index (χ2v) is 2.46. The number of esters is 1. The molecule has 0 amide bonds. The van der Waals surface area contributed by atoms with Crippen LogP contribution < -0.4 is 0 Å². The summed E-state index contributed by atoms with van der Waals surface area (Å²) < 4.78 is 14.6. The third kappa shape index (κ3) is 3.25. The predicted octanol–water partition coefficient (Wildman–Crippen LogP) is 0.986. The molecule has 0 aliphatic carbocycles. The molecule has 4 heteroatoms. The first kappa shape index (κ1) is 9.18. The molecular weight excluding hydrogens is 151 g/mol. The summed E-state index contributed by atoms with van der Waals surface area (Å²) in [7, 11) is -1.26. The zero-order valence-electron chi connectivity index (χ0n) is 5.50. The van der Waals surface area contributed by atoms with Crippen molar-refractivity contribution in [2.45, 2.75) is 0 Å². The highest BCUT2D eigenvalue weighted by Crippen LogP contribution is 2.09. The van der Waals surface area contributed by atoms with Gasteiger partial charge >= 0.3 is 5.97 Å². The van der Waals surface area contributed by atoms with Crippen LogP contribution in [0.5, 0.6) is 0 Å². The van der Waals surface area contributed by atoms with Gasteiger partial charge in [-0.1, -0.05) is 19.2 Å². The van der Waals surface area contributed by atoms with Gasteiger partial charge in [-0.2, -0.15) is 0 Å². The first-order chi connectivity index (χ1) is 4.72. The molecule has 0 aromatic carbocycles. The highest BCUT2D eigenvalue weighted by Gasteiger charge is 2.03. The summed E-state index contributed by atoms with van der Waals surface area (Å²) in [5, 5.41) is 0.0295. The topological polar surface area (TPSA) is 43.4 Å². The van der Waals surface area contributed by atoms with E-state index in [1.54, 1.807) is 0 Å². The molecular formula is C6H9O3P. The molecule has 10 heavy (non-hydrogen) atoms. The average Bonchev–Trinajstić information content (AvgIpc) is 1.98. The maximum atomic E-state index is 10.6. The lowest BCUT2D eigenvalue weighted by Gasteiger charge is -1.97. The third-order valence-electron chi connectivity index (χ3n) is 0.737. The number of carbonyl (C=O) groups excluding carboxylic acids is 1. The zero-order chi connectivity index (χ0) is 7.98. The molecule has 56 valence electrons. The van der Waals surface area contributed by atoms with Crippen molar-refractivity contribution in [1.82, 2.24) is 0 Å². The molecule has 0 bridgehead atoms. The van der Waals surface area contributed by atoms with Gasteiger partial charge in [0, 0.05) is 0 Å². The quantitative estimate of drug-likeness (QED) is 0.266. The van der Waals surface area contributed by atoms with E-state index in [9.17, 15) is 9.36 Å². The summed E-state index contributed by atoms with van der Waals surface area (Å²) in [6.45, 7) is 6.72. The summed E-state index contributed by atoms with van der Waals surface area (Å²) in [4.78, 5) is 10.6. The minimum Gasteiger partial charge on any atom is -0.458 e. The fourth-order valence-electron chi connectivity index (χ4n) is 0.275. The molecule has 0 aliphatic heterocycles. The first-order valence-electron chi connectivity index (χ1n) is 2.64. The number of hydrogen-bond donors (Lipinski definition) is 0. The highest BCUT2D eigenvalue weighted by atomic mass is 31.1. The van der Waals surface area contributed by atoms with Crippen LogP contribution in [-0.4, -0.2) is 12.6 Å². The Kier molecular flexibility index (Phi) is 4.59. The smallest absolute Gasteiger partial charge is 0.340 e. The van der Waals surface area contributed by atoms with E-state index >= 15 is 0 Å². The van der Waals surface area contributed by atoms with Crippen molar-refractivity contribution in [2.24, 2.45) is 0 Å².